The van der Waals surface area contributed by atoms with Gasteiger partial charge < -0.3 is 9.88 Å². The Labute approximate surface area is 91.1 Å². The quantitative estimate of drug-likeness (QED) is 0.610. The Hall–Kier alpha value is -2.17. The molecule has 0 saturated heterocycles. The zero-order valence-electron chi connectivity index (χ0n) is 8.51. The smallest absolute Gasteiger partial charge is 0.204 e. The van der Waals surface area contributed by atoms with E-state index in [9.17, 15) is 0 Å². The van der Waals surface area contributed by atoms with Gasteiger partial charge in [0.15, 0.2) is 0 Å². The standard InChI is InChI=1S/C11H9N5/c1-2-8-10(9-7(1)12-3-4-13-9)16-6-5-14-11(16)15-8/h1-4H,5-6H2,(H,14,15). The van der Waals surface area contributed by atoms with Crippen molar-refractivity contribution >= 4 is 28.0 Å². The lowest BCUT2D eigenvalue weighted by molar-refractivity contribution is 0.838. The van der Waals surface area contributed by atoms with Gasteiger partial charge in [0.05, 0.1) is 16.6 Å². The van der Waals surface area contributed by atoms with E-state index in [4.69, 9.17) is 0 Å². The highest BCUT2D eigenvalue weighted by atomic mass is 15.3. The van der Waals surface area contributed by atoms with Crippen LogP contribution in [0.25, 0.3) is 22.1 Å². The Morgan fingerprint density at radius 1 is 1.12 bits per heavy atom. The number of aromatic nitrogens is 4. The van der Waals surface area contributed by atoms with E-state index in [2.05, 4.69) is 24.8 Å². The minimum absolute atomic E-state index is 0.921. The van der Waals surface area contributed by atoms with Gasteiger partial charge in [0, 0.05) is 25.5 Å². The van der Waals surface area contributed by atoms with Crippen LogP contribution in [-0.2, 0) is 6.54 Å². The van der Waals surface area contributed by atoms with E-state index in [1.54, 1.807) is 12.4 Å². The third kappa shape index (κ3) is 0.875. The summed E-state index contributed by atoms with van der Waals surface area (Å²) < 4.78 is 2.17. The van der Waals surface area contributed by atoms with Crippen molar-refractivity contribution in [1.29, 1.82) is 0 Å². The Bertz CT molecular complexity index is 700. The second-order valence-corrected chi connectivity index (χ2v) is 3.87. The number of fused-ring (bicyclic) bond motifs is 5. The molecule has 4 rings (SSSR count). The summed E-state index contributed by atoms with van der Waals surface area (Å²) in [6.07, 6.45) is 3.44. The first kappa shape index (κ1) is 8.04. The molecule has 1 aliphatic rings. The van der Waals surface area contributed by atoms with Crippen molar-refractivity contribution in [3.63, 3.8) is 0 Å². The number of imidazole rings is 1. The molecular formula is C11H9N5. The molecule has 16 heavy (non-hydrogen) atoms. The first-order chi connectivity index (χ1) is 7.93. The van der Waals surface area contributed by atoms with Crippen molar-refractivity contribution in [2.45, 2.75) is 6.54 Å². The minimum Gasteiger partial charge on any atom is -0.354 e. The molecule has 0 unspecified atom stereocenters. The number of hydrogen-bond donors (Lipinski definition) is 1. The maximum atomic E-state index is 4.53. The van der Waals surface area contributed by atoms with Crippen LogP contribution in [0.4, 0.5) is 5.95 Å². The summed E-state index contributed by atoms with van der Waals surface area (Å²) in [4.78, 5) is 13.2. The van der Waals surface area contributed by atoms with Crippen molar-refractivity contribution in [2.24, 2.45) is 0 Å². The fraction of sp³-hybridized carbons (Fsp3) is 0.182. The molecule has 0 radical (unpaired) electrons. The largest absolute Gasteiger partial charge is 0.354 e. The summed E-state index contributed by atoms with van der Waals surface area (Å²) in [7, 11) is 0. The molecule has 0 amide bonds. The van der Waals surface area contributed by atoms with E-state index >= 15 is 0 Å². The molecule has 0 aliphatic carbocycles. The summed E-state index contributed by atoms with van der Waals surface area (Å²) in [6, 6.07) is 3.97. The minimum atomic E-state index is 0.921. The van der Waals surface area contributed by atoms with Crippen LogP contribution in [0, 0.1) is 0 Å². The van der Waals surface area contributed by atoms with Crippen LogP contribution in [-0.4, -0.2) is 26.1 Å². The topological polar surface area (TPSA) is 55.6 Å². The van der Waals surface area contributed by atoms with E-state index in [1.165, 1.54) is 0 Å². The van der Waals surface area contributed by atoms with Gasteiger partial charge in [-0.1, -0.05) is 0 Å². The van der Waals surface area contributed by atoms with Crippen molar-refractivity contribution in [1.82, 2.24) is 19.5 Å². The predicted molar refractivity (Wildman–Crippen MR) is 61.3 cm³/mol. The number of hydrogen-bond acceptors (Lipinski definition) is 4. The summed E-state index contributed by atoms with van der Waals surface area (Å²) in [5.74, 6) is 0.938. The first-order valence-corrected chi connectivity index (χ1v) is 5.27. The number of nitrogens with zero attached hydrogens (tertiary/aromatic N) is 4. The van der Waals surface area contributed by atoms with Gasteiger partial charge in [-0.05, 0) is 12.1 Å². The Morgan fingerprint density at radius 3 is 3.00 bits per heavy atom. The Morgan fingerprint density at radius 2 is 2.00 bits per heavy atom. The van der Waals surface area contributed by atoms with Crippen molar-refractivity contribution < 1.29 is 0 Å². The molecule has 0 atom stereocenters. The third-order valence-corrected chi connectivity index (χ3v) is 2.96. The van der Waals surface area contributed by atoms with E-state index in [1.807, 2.05) is 12.1 Å². The molecule has 1 N–H and O–H groups in total. The van der Waals surface area contributed by atoms with Crippen LogP contribution < -0.4 is 5.32 Å². The Kier molecular flexibility index (Phi) is 1.35. The second-order valence-electron chi connectivity index (χ2n) is 3.87. The molecule has 0 saturated carbocycles. The number of anilines is 1. The fourth-order valence-corrected chi connectivity index (χ4v) is 2.28. The molecule has 0 spiro atoms. The maximum absolute atomic E-state index is 4.53. The van der Waals surface area contributed by atoms with E-state index < -0.39 is 0 Å². The SMILES string of the molecule is c1cnc2c(ccc3nc4n(c32)CCN4)n1. The van der Waals surface area contributed by atoms with Crippen LogP contribution in [0.1, 0.15) is 0 Å². The van der Waals surface area contributed by atoms with Crippen molar-refractivity contribution in [3.05, 3.63) is 24.5 Å². The van der Waals surface area contributed by atoms with Gasteiger partial charge in [-0.2, -0.15) is 0 Å². The molecule has 3 aromatic rings. The van der Waals surface area contributed by atoms with Crippen LogP contribution in [0.15, 0.2) is 24.5 Å². The average molecular weight is 211 g/mol. The van der Waals surface area contributed by atoms with Gasteiger partial charge >= 0.3 is 0 Å². The molecule has 0 bridgehead atoms. The van der Waals surface area contributed by atoms with Gasteiger partial charge in [-0.3, -0.25) is 9.97 Å². The van der Waals surface area contributed by atoms with Gasteiger partial charge in [-0.15, -0.1) is 0 Å². The first-order valence-electron chi connectivity index (χ1n) is 5.27. The summed E-state index contributed by atoms with van der Waals surface area (Å²) in [5, 5.41) is 3.26. The van der Waals surface area contributed by atoms with Crippen molar-refractivity contribution in [3.8, 4) is 0 Å². The highest BCUT2D eigenvalue weighted by Crippen LogP contribution is 2.27. The third-order valence-electron chi connectivity index (χ3n) is 2.96. The van der Waals surface area contributed by atoms with Gasteiger partial charge in [0.25, 0.3) is 0 Å². The highest BCUT2D eigenvalue weighted by molar-refractivity contribution is 6.01. The molecule has 78 valence electrons. The molecule has 3 heterocycles. The zero-order chi connectivity index (χ0) is 10.5. The van der Waals surface area contributed by atoms with Crippen LogP contribution in [0.2, 0.25) is 0 Å². The lowest BCUT2D eigenvalue weighted by Gasteiger charge is -2.00. The molecule has 1 aliphatic heterocycles. The lowest BCUT2D eigenvalue weighted by Crippen LogP contribution is -1.96. The van der Waals surface area contributed by atoms with Crippen LogP contribution in [0.3, 0.4) is 0 Å². The molecule has 5 nitrogen and oxygen atoms in total. The van der Waals surface area contributed by atoms with E-state index in [0.717, 1.165) is 41.1 Å². The second kappa shape index (κ2) is 2.69. The molecular weight excluding hydrogens is 202 g/mol. The zero-order valence-corrected chi connectivity index (χ0v) is 8.51. The summed E-state index contributed by atoms with van der Waals surface area (Å²) in [6.45, 7) is 1.89. The van der Waals surface area contributed by atoms with Crippen LogP contribution in [0.5, 0.6) is 0 Å². The van der Waals surface area contributed by atoms with Crippen LogP contribution >= 0.6 is 0 Å². The highest BCUT2D eigenvalue weighted by Gasteiger charge is 2.17. The monoisotopic (exact) mass is 211 g/mol. The van der Waals surface area contributed by atoms with E-state index in [-0.39, 0.29) is 0 Å². The number of benzene rings is 1. The molecule has 0 fully saturated rings. The molecule has 5 heteroatoms. The fourth-order valence-electron chi connectivity index (χ4n) is 2.28. The van der Waals surface area contributed by atoms with Gasteiger partial charge in [0.2, 0.25) is 5.95 Å². The summed E-state index contributed by atoms with van der Waals surface area (Å²) >= 11 is 0. The maximum Gasteiger partial charge on any atom is 0.204 e. The molecule has 2 aromatic heterocycles. The van der Waals surface area contributed by atoms with Gasteiger partial charge in [-0.25, -0.2) is 4.98 Å². The van der Waals surface area contributed by atoms with E-state index in [0.29, 0.717) is 0 Å². The normalized spacial score (nSPS) is 14.2. The van der Waals surface area contributed by atoms with Crippen molar-refractivity contribution in [2.75, 3.05) is 11.9 Å². The number of nitrogens with one attached hydrogen (secondary N) is 1. The number of rotatable bonds is 0. The molecule has 1 aromatic carbocycles. The lowest BCUT2D eigenvalue weighted by atomic mass is 10.2. The Balaban J connectivity index is 2.27. The average Bonchev–Trinajstić information content (AvgIpc) is 2.88. The van der Waals surface area contributed by atoms with Gasteiger partial charge in [0.1, 0.15) is 5.52 Å². The predicted octanol–water partition coefficient (Wildman–Crippen LogP) is 1.40. The summed E-state index contributed by atoms with van der Waals surface area (Å²) in [5.41, 5.74) is 3.92.